The summed E-state index contributed by atoms with van der Waals surface area (Å²) >= 11 is 0. The molecule has 0 aromatic carbocycles. The molecule has 2 bridgehead atoms. The molecule has 0 amide bonds. The first-order valence-corrected chi connectivity index (χ1v) is 19.6. The SMILES string of the molecule is CC/C1=C\C(CO)CC(C)C(OC)C(C)CCCC2(C)C=C(C)C(C)CC23OC(=O)/C(=C(/O)C2(CC)C1C(C)=CC1C(O)CC(=O)C(C)C12)C3=O. The predicted molar refractivity (Wildman–Crippen MR) is 197 cm³/mol. The smallest absolute Gasteiger partial charge is 0.346 e. The minimum atomic E-state index is -1.49. The maximum absolute atomic E-state index is 15.2. The minimum absolute atomic E-state index is 0.0138. The maximum Gasteiger partial charge on any atom is 0.346 e. The molecule has 1 heterocycles. The van der Waals surface area contributed by atoms with Gasteiger partial charge in [-0.1, -0.05) is 89.8 Å². The normalized spacial score (nSPS) is 46.4. The molecule has 0 radical (unpaired) electrons. The van der Waals surface area contributed by atoms with Crippen molar-refractivity contribution in [3.8, 4) is 0 Å². The number of Topliss-reactive ketones (excluding diaryl/α,β-unsaturated/α-hetero) is 2. The average molecular weight is 709 g/mol. The second-order valence-electron chi connectivity index (χ2n) is 17.4. The van der Waals surface area contributed by atoms with Gasteiger partial charge < -0.3 is 24.8 Å². The first-order chi connectivity index (χ1) is 24.0. The van der Waals surface area contributed by atoms with E-state index in [-0.39, 0.29) is 59.9 Å². The molecule has 4 aliphatic carbocycles. The van der Waals surface area contributed by atoms with E-state index in [9.17, 15) is 24.9 Å². The highest BCUT2D eigenvalue weighted by atomic mass is 16.6. The fraction of sp³-hybridized carbons (Fsp3) is 0.744. The van der Waals surface area contributed by atoms with Gasteiger partial charge in [-0.2, -0.15) is 0 Å². The summed E-state index contributed by atoms with van der Waals surface area (Å²) in [4.78, 5) is 43.2. The number of allylic oxidation sites excluding steroid dienone is 4. The Balaban J connectivity index is 1.85. The number of hydrogen-bond acceptors (Lipinski definition) is 8. The van der Waals surface area contributed by atoms with Gasteiger partial charge >= 0.3 is 5.97 Å². The van der Waals surface area contributed by atoms with Crippen molar-refractivity contribution in [2.75, 3.05) is 13.7 Å². The van der Waals surface area contributed by atoms with E-state index in [0.717, 1.165) is 29.6 Å². The van der Waals surface area contributed by atoms with Crippen LogP contribution in [0.4, 0.5) is 0 Å². The van der Waals surface area contributed by atoms with Gasteiger partial charge in [0, 0.05) is 61.1 Å². The number of methoxy groups -OCH3 is 1. The van der Waals surface area contributed by atoms with Crippen LogP contribution in [0.5, 0.6) is 0 Å². The predicted octanol–water partition coefficient (Wildman–Crippen LogP) is 7.64. The summed E-state index contributed by atoms with van der Waals surface area (Å²) in [5.74, 6) is -3.69. The van der Waals surface area contributed by atoms with Crippen LogP contribution in [-0.2, 0) is 23.9 Å². The Morgan fingerprint density at radius 2 is 1.71 bits per heavy atom. The highest BCUT2D eigenvalue weighted by molar-refractivity contribution is 6.26. The van der Waals surface area contributed by atoms with E-state index in [1.54, 1.807) is 7.11 Å². The molecule has 284 valence electrons. The number of hydrogen-bond donors (Lipinski definition) is 3. The lowest BCUT2D eigenvalue weighted by atomic mass is 9.47. The Morgan fingerprint density at radius 1 is 1.02 bits per heavy atom. The number of carbonyl (C=O) groups excluding carboxylic acids is 3. The Bertz CT molecular complexity index is 1520. The Hall–Kier alpha value is -2.55. The van der Waals surface area contributed by atoms with Gasteiger partial charge in [0.25, 0.3) is 0 Å². The molecular formula is C43H64O8. The molecule has 0 aromatic heterocycles. The van der Waals surface area contributed by atoms with Gasteiger partial charge in [-0.25, -0.2) is 4.79 Å². The molecule has 8 nitrogen and oxygen atoms in total. The van der Waals surface area contributed by atoms with Crippen LogP contribution < -0.4 is 0 Å². The third kappa shape index (κ3) is 6.23. The van der Waals surface area contributed by atoms with Crippen LogP contribution in [0.3, 0.4) is 0 Å². The van der Waals surface area contributed by atoms with Crippen molar-refractivity contribution in [1.29, 1.82) is 0 Å². The van der Waals surface area contributed by atoms with Crippen molar-refractivity contribution < 1.29 is 39.2 Å². The number of aliphatic hydroxyl groups excluding tert-OH is 3. The van der Waals surface area contributed by atoms with E-state index in [1.807, 2.05) is 41.5 Å². The van der Waals surface area contributed by atoms with Crippen LogP contribution in [0.15, 0.2) is 46.3 Å². The zero-order valence-corrected chi connectivity index (χ0v) is 32.8. The first-order valence-electron chi connectivity index (χ1n) is 19.6. The van der Waals surface area contributed by atoms with E-state index in [2.05, 4.69) is 39.0 Å². The fourth-order valence-electron chi connectivity index (χ4n) is 11.7. The lowest BCUT2D eigenvalue weighted by Crippen LogP contribution is -2.57. The number of rotatable bonds is 4. The van der Waals surface area contributed by atoms with Crippen LogP contribution >= 0.6 is 0 Å². The van der Waals surface area contributed by atoms with Crippen molar-refractivity contribution in [1.82, 2.24) is 0 Å². The quantitative estimate of drug-likeness (QED) is 0.154. The number of aliphatic hydroxyl groups is 3. The molecule has 1 spiro atoms. The first kappa shape index (κ1) is 39.7. The summed E-state index contributed by atoms with van der Waals surface area (Å²) < 4.78 is 12.5. The molecule has 51 heavy (non-hydrogen) atoms. The van der Waals surface area contributed by atoms with Gasteiger partial charge in [-0.15, -0.1) is 0 Å². The number of carbonyl (C=O) groups is 3. The lowest BCUT2D eigenvalue weighted by Gasteiger charge is -2.56. The third-order valence-electron chi connectivity index (χ3n) is 14.4. The van der Waals surface area contributed by atoms with Crippen LogP contribution in [0, 0.1) is 58.2 Å². The van der Waals surface area contributed by atoms with E-state index in [1.165, 1.54) is 0 Å². The largest absolute Gasteiger partial charge is 0.511 e. The van der Waals surface area contributed by atoms with E-state index >= 15 is 4.79 Å². The lowest BCUT2D eigenvalue weighted by molar-refractivity contribution is -0.166. The summed E-state index contributed by atoms with van der Waals surface area (Å²) in [6.45, 7) is 18.3. The molecule has 5 aliphatic rings. The van der Waals surface area contributed by atoms with Crippen LogP contribution in [0.1, 0.15) is 114 Å². The van der Waals surface area contributed by atoms with E-state index < -0.39 is 58.0 Å². The van der Waals surface area contributed by atoms with Crippen LogP contribution in [0.2, 0.25) is 0 Å². The summed E-state index contributed by atoms with van der Waals surface area (Å²) in [6.07, 6.45) is 9.45. The molecular weight excluding hydrogens is 644 g/mol. The van der Waals surface area contributed by atoms with Crippen molar-refractivity contribution in [2.45, 2.75) is 131 Å². The maximum atomic E-state index is 15.2. The molecule has 13 atom stereocenters. The molecule has 13 unspecified atom stereocenters. The van der Waals surface area contributed by atoms with E-state index in [0.29, 0.717) is 32.1 Å². The standard InChI is InChI=1S/C43H64O8/c1-11-30-18-29(22-44)16-25(5)37(50-10)23(3)14-13-15-41(9)20-26(6)27(7)21-43(41)39(48)34(40(49)51-43)38(47)42(12-2)35(30)24(4)17-31-33(46)19-32(45)28(8)36(31)42/h17-18,20,23,25,27-29,31,33,35-37,44,46-47H,11-16,19,21-22H2,1-10H3/b30-18+,38-34+. The summed E-state index contributed by atoms with van der Waals surface area (Å²) in [5, 5.41) is 35.2. The molecule has 5 rings (SSSR count). The monoisotopic (exact) mass is 708 g/mol. The van der Waals surface area contributed by atoms with Crippen LogP contribution in [-0.4, -0.2) is 64.4 Å². The molecule has 1 aliphatic heterocycles. The highest BCUT2D eigenvalue weighted by Gasteiger charge is 2.67. The number of esters is 1. The second-order valence-corrected chi connectivity index (χ2v) is 17.4. The summed E-state index contributed by atoms with van der Waals surface area (Å²) in [7, 11) is 1.75. The van der Waals surface area contributed by atoms with Crippen molar-refractivity contribution in [3.05, 3.63) is 46.3 Å². The number of fused-ring (bicyclic) bond motifs is 4. The van der Waals surface area contributed by atoms with Gasteiger partial charge in [0.15, 0.2) is 5.60 Å². The molecule has 8 heteroatoms. The Morgan fingerprint density at radius 3 is 2.31 bits per heavy atom. The van der Waals surface area contributed by atoms with Crippen molar-refractivity contribution in [2.24, 2.45) is 58.2 Å². The zero-order valence-electron chi connectivity index (χ0n) is 32.8. The summed E-state index contributed by atoms with van der Waals surface area (Å²) in [5.41, 5.74) is -0.854. The van der Waals surface area contributed by atoms with Gasteiger partial charge in [0.1, 0.15) is 17.1 Å². The molecule has 2 fully saturated rings. The summed E-state index contributed by atoms with van der Waals surface area (Å²) in [6, 6.07) is 0. The van der Waals surface area contributed by atoms with Gasteiger partial charge in [0.2, 0.25) is 5.78 Å². The Kier molecular flexibility index (Phi) is 11.4. The molecule has 1 saturated heterocycles. The third-order valence-corrected chi connectivity index (χ3v) is 14.4. The number of ether oxygens (including phenoxy) is 2. The van der Waals surface area contributed by atoms with Crippen molar-refractivity contribution in [3.63, 3.8) is 0 Å². The molecule has 3 N–H and O–H groups in total. The molecule has 1 saturated carbocycles. The minimum Gasteiger partial charge on any atom is -0.511 e. The van der Waals surface area contributed by atoms with Gasteiger partial charge in [0.05, 0.1) is 12.2 Å². The van der Waals surface area contributed by atoms with Crippen molar-refractivity contribution >= 4 is 17.5 Å². The van der Waals surface area contributed by atoms with Gasteiger partial charge in [-0.3, -0.25) is 9.59 Å². The average Bonchev–Trinajstić information content (AvgIpc) is 3.33. The highest BCUT2D eigenvalue weighted by Crippen LogP contribution is 2.63. The van der Waals surface area contributed by atoms with Gasteiger partial charge in [-0.05, 0) is 69.6 Å². The molecule has 0 aromatic rings. The topological polar surface area (TPSA) is 130 Å². The number of ketones is 2. The second kappa shape index (κ2) is 14.7. The fourth-order valence-corrected chi connectivity index (χ4v) is 11.7. The zero-order chi connectivity index (χ0) is 37.8. The Labute approximate surface area is 305 Å². The van der Waals surface area contributed by atoms with E-state index in [4.69, 9.17) is 9.47 Å². The van der Waals surface area contributed by atoms with Crippen LogP contribution in [0.25, 0.3) is 0 Å².